The van der Waals surface area contributed by atoms with E-state index < -0.39 is 0 Å². The summed E-state index contributed by atoms with van der Waals surface area (Å²) >= 11 is 6.41. The number of hydrogen-bond donors (Lipinski definition) is 0. The van der Waals surface area contributed by atoms with Gasteiger partial charge in [-0.15, -0.1) is 0 Å². The molecule has 0 aromatic heterocycles. The summed E-state index contributed by atoms with van der Waals surface area (Å²) in [4.78, 5) is 5.37. The lowest BCUT2D eigenvalue weighted by Crippen LogP contribution is -2.45. The van der Waals surface area contributed by atoms with E-state index in [-0.39, 0.29) is 0 Å². The van der Waals surface area contributed by atoms with E-state index in [1.807, 2.05) is 6.07 Å². The predicted octanol–water partition coefficient (Wildman–Crippen LogP) is 4.84. The van der Waals surface area contributed by atoms with Crippen LogP contribution >= 0.6 is 11.6 Å². The molecule has 2 atom stereocenters. The molecule has 0 aliphatic carbocycles. The predicted molar refractivity (Wildman–Crippen MR) is 115 cm³/mol. The molecule has 2 fully saturated rings. The maximum absolute atomic E-state index is 6.41. The maximum atomic E-state index is 6.41. The fraction of sp³-hybridized carbons (Fsp3) is 0.500. The van der Waals surface area contributed by atoms with Crippen molar-refractivity contribution in [3.05, 3.63) is 64.2 Å². The second-order valence-corrected chi connectivity index (χ2v) is 8.95. The summed E-state index contributed by atoms with van der Waals surface area (Å²) in [6.45, 7) is 5.24. The van der Waals surface area contributed by atoms with Gasteiger partial charge < -0.3 is 9.47 Å². The zero-order valence-corrected chi connectivity index (χ0v) is 17.6. The van der Waals surface area contributed by atoms with Gasteiger partial charge in [0.25, 0.3) is 0 Å². The molecule has 5 rings (SSSR count). The quantitative estimate of drug-likeness (QED) is 0.701. The Balaban J connectivity index is 1.33. The van der Waals surface area contributed by atoms with Crippen molar-refractivity contribution < 1.29 is 9.47 Å². The SMILES string of the molecule is Clc1cc2c(c(CN3CCCC3C3CCCN3Cc3ccccc3)c1)OCOC2. The number of benzene rings is 2. The largest absolute Gasteiger partial charge is 0.467 e. The fourth-order valence-electron chi connectivity index (χ4n) is 5.38. The van der Waals surface area contributed by atoms with Crippen molar-refractivity contribution in [1.29, 1.82) is 0 Å². The molecule has 0 N–H and O–H groups in total. The van der Waals surface area contributed by atoms with Gasteiger partial charge in [0.1, 0.15) is 5.75 Å². The van der Waals surface area contributed by atoms with E-state index in [1.54, 1.807) is 0 Å². The number of fused-ring (bicyclic) bond motifs is 1. The van der Waals surface area contributed by atoms with E-state index in [0.29, 0.717) is 25.5 Å². The molecule has 2 unspecified atom stereocenters. The average Bonchev–Trinajstić information content (AvgIpc) is 3.37. The molecular weight excluding hydrogens is 384 g/mol. The third-order valence-electron chi connectivity index (χ3n) is 6.63. The van der Waals surface area contributed by atoms with Crippen LogP contribution in [-0.2, 0) is 24.4 Å². The Labute approximate surface area is 178 Å². The Morgan fingerprint density at radius 1 is 0.931 bits per heavy atom. The first-order valence-corrected chi connectivity index (χ1v) is 11.2. The van der Waals surface area contributed by atoms with Crippen molar-refractivity contribution in [2.24, 2.45) is 0 Å². The summed E-state index contributed by atoms with van der Waals surface area (Å²) in [6, 6.07) is 16.2. The van der Waals surface area contributed by atoms with Crippen LogP contribution in [0.5, 0.6) is 5.75 Å². The Morgan fingerprint density at radius 2 is 1.66 bits per heavy atom. The molecule has 154 valence electrons. The number of halogens is 1. The highest BCUT2D eigenvalue weighted by atomic mass is 35.5. The number of nitrogens with zero attached hydrogens (tertiary/aromatic N) is 2. The Bertz CT molecular complexity index is 844. The van der Waals surface area contributed by atoms with Crippen LogP contribution in [0.2, 0.25) is 5.02 Å². The van der Waals surface area contributed by atoms with E-state index in [1.165, 1.54) is 43.4 Å². The highest BCUT2D eigenvalue weighted by molar-refractivity contribution is 6.30. The molecule has 0 radical (unpaired) electrons. The molecule has 0 spiro atoms. The zero-order chi connectivity index (χ0) is 19.6. The molecule has 0 bridgehead atoms. The molecule has 0 amide bonds. The summed E-state index contributed by atoms with van der Waals surface area (Å²) < 4.78 is 11.3. The minimum absolute atomic E-state index is 0.332. The van der Waals surface area contributed by atoms with E-state index in [2.05, 4.69) is 46.2 Å². The topological polar surface area (TPSA) is 24.9 Å². The van der Waals surface area contributed by atoms with Gasteiger partial charge in [-0.25, -0.2) is 0 Å². The highest BCUT2D eigenvalue weighted by Crippen LogP contribution is 2.36. The van der Waals surface area contributed by atoms with Gasteiger partial charge in [-0.1, -0.05) is 41.9 Å². The zero-order valence-electron chi connectivity index (χ0n) is 16.9. The van der Waals surface area contributed by atoms with Gasteiger partial charge in [0.05, 0.1) is 6.61 Å². The van der Waals surface area contributed by atoms with Gasteiger partial charge in [0.2, 0.25) is 0 Å². The van der Waals surface area contributed by atoms with Crippen LogP contribution in [0.25, 0.3) is 0 Å². The molecule has 5 heteroatoms. The van der Waals surface area contributed by atoms with E-state index >= 15 is 0 Å². The minimum Gasteiger partial charge on any atom is -0.467 e. The van der Waals surface area contributed by atoms with Gasteiger partial charge in [0.15, 0.2) is 6.79 Å². The Kier molecular flexibility index (Phi) is 5.78. The molecule has 3 aliphatic rings. The van der Waals surface area contributed by atoms with Crippen molar-refractivity contribution in [2.45, 2.75) is 57.5 Å². The van der Waals surface area contributed by atoms with Crippen molar-refractivity contribution in [2.75, 3.05) is 19.9 Å². The third kappa shape index (κ3) is 4.17. The number of likely N-dealkylation sites (tertiary alicyclic amines) is 2. The fourth-order valence-corrected chi connectivity index (χ4v) is 5.64. The first-order chi connectivity index (χ1) is 14.3. The van der Waals surface area contributed by atoms with Crippen LogP contribution < -0.4 is 4.74 Å². The number of ether oxygens (including phenoxy) is 2. The summed E-state index contributed by atoms with van der Waals surface area (Å²) in [5.41, 5.74) is 3.69. The lowest BCUT2D eigenvalue weighted by molar-refractivity contribution is -0.0176. The summed E-state index contributed by atoms with van der Waals surface area (Å²) in [6.07, 6.45) is 5.15. The summed E-state index contributed by atoms with van der Waals surface area (Å²) in [7, 11) is 0. The molecule has 4 nitrogen and oxygen atoms in total. The molecule has 0 saturated carbocycles. The second-order valence-electron chi connectivity index (χ2n) is 8.51. The van der Waals surface area contributed by atoms with Crippen LogP contribution in [0, 0.1) is 0 Å². The van der Waals surface area contributed by atoms with Gasteiger partial charge >= 0.3 is 0 Å². The molecule has 2 aromatic rings. The van der Waals surface area contributed by atoms with Crippen LogP contribution in [0.3, 0.4) is 0 Å². The molecule has 29 heavy (non-hydrogen) atoms. The first-order valence-electron chi connectivity index (χ1n) is 10.8. The standard InChI is InChI=1S/C24H29ClN2O2/c25-21-12-19(24-20(13-21)16-28-17-29-24)15-27-11-5-9-23(27)22-8-4-10-26(22)14-18-6-2-1-3-7-18/h1-3,6-7,12-13,22-23H,4-5,8-11,14-17H2. The van der Waals surface area contributed by atoms with Gasteiger partial charge in [0, 0.05) is 41.3 Å². The van der Waals surface area contributed by atoms with Crippen molar-refractivity contribution in [1.82, 2.24) is 9.80 Å². The normalized spacial score (nSPS) is 25.1. The summed E-state index contributed by atoms with van der Waals surface area (Å²) in [5, 5.41) is 0.773. The van der Waals surface area contributed by atoms with Crippen molar-refractivity contribution in [3.63, 3.8) is 0 Å². The highest BCUT2D eigenvalue weighted by Gasteiger charge is 2.38. The average molecular weight is 413 g/mol. The van der Waals surface area contributed by atoms with E-state index in [9.17, 15) is 0 Å². The van der Waals surface area contributed by atoms with Crippen LogP contribution in [0.1, 0.15) is 42.4 Å². The lowest BCUT2D eigenvalue weighted by Gasteiger charge is -2.35. The molecular formula is C24H29ClN2O2. The molecule has 2 saturated heterocycles. The van der Waals surface area contributed by atoms with Crippen molar-refractivity contribution in [3.8, 4) is 5.75 Å². The van der Waals surface area contributed by atoms with Gasteiger partial charge in [-0.05, 0) is 56.5 Å². The Morgan fingerprint density at radius 3 is 2.41 bits per heavy atom. The van der Waals surface area contributed by atoms with Gasteiger partial charge in [-0.2, -0.15) is 0 Å². The van der Waals surface area contributed by atoms with Crippen LogP contribution in [0.15, 0.2) is 42.5 Å². The Hall–Kier alpha value is -1.59. The maximum Gasteiger partial charge on any atom is 0.189 e. The molecule has 3 heterocycles. The van der Waals surface area contributed by atoms with Crippen molar-refractivity contribution >= 4 is 11.6 Å². The second kappa shape index (κ2) is 8.65. The minimum atomic E-state index is 0.332. The summed E-state index contributed by atoms with van der Waals surface area (Å²) in [5.74, 6) is 0.985. The van der Waals surface area contributed by atoms with E-state index in [4.69, 9.17) is 21.1 Å². The van der Waals surface area contributed by atoms with E-state index in [0.717, 1.165) is 36.0 Å². The number of hydrogen-bond acceptors (Lipinski definition) is 4. The lowest BCUT2D eigenvalue weighted by atomic mass is 10.0. The number of rotatable bonds is 5. The molecule has 2 aromatic carbocycles. The molecule has 3 aliphatic heterocycles. The smallest absolute Gasteiger partial charge is 0.189 e. The van der Waals surface area contributed by atoms with Crippen LogP contribution in [-0.4, -0.2) is 41.8 Å². The monoisotopic (exact) mass is 412 g/mol. The first kappa shape index (κ1) is 19.4. The third-order valence-corrected chi connectivity index (χ3v) is 6.84. The van der Waals surface area contributed by atoms with Gasteiger partial charge in [-0.3, -0.25) is 9.80 Å². The van der Waals surface area contributed by atoms with Crippen LogP contribution in [0.4, 0.5) is 0 Å².